The molecule has 1 aliphatic heterocycles. The summed E-state index contributed by atoms with van der Waals surface area (Å²) in [6.45, 7) is 2.28. The SMILES string of the molecule is Nc1nc(NCCC(=O)N2CCCCC2)c2cn[nH]c2n1. The summed E-state index contributed by atoms with van der Waals surface area (Å²) in [7, 11) is 0. The molecule has 2 aromatic heterocycles. The zero-order chi connectivity index (χ0) is 14.7. The number of hydrogen-bond acceptors (Lipinski definition) is 6. The Labute approximate surface area is 122 Å². The monoisotopic (exact) mass is 289 g/mol. The minimum absolute atomic E-state index is 0.177. The largest absolute Gasteiger partial charge is 0.369 e. The van der Waals surface area contributed by atoms with Crippen molar-refractivity contribution < 1.29 is 4.79 Å². The van der Waals surface area contributed by atoms with Gasteiger partial charge in [-0.3, -0.25) is 9.89 Å². The first-order valence-corrected chi connectivity index (χ1v) is 7.22. The molecule has 3 heterocycles. The van der Waals surface area contributed by atoms with E-state index in [4.69, 9.17) is 5.73 Å². The third-order valence-corrected chi connectivity index (χ3v) is 3.67. The van der Waals surface area contributed by atoms with Crippen LogP contribution in [-0.4, -0.2) is 50.6 Å². The summed E-state index contributed by atoms with van der Waals surface area (Å²) in [4.78, 5) is 22.2. The number of carbonyl (C=O) groups is 1. The van der Waals surface area contributed by atoms with Gasteiger partial charge in [0.25, 0.3) is 0 Å². The number of nitrogens with two attached hydrogens (primary N) is 1. The number of H-pyrrole nitrogens is 1. The predicted octanol–water partition coefficient (Wildman–Crippen LogP) is 0.750. The van der Waals surface area contributed by atoms with Gasteiger partial charge in [-0.2, -0.15) is 15.1 Å². The quantitative estimate of drug-likeness (QED) is 0.765. The Morgan fingerprint density at radius 1 is 1.33 bits per heavy atom. The molecule has 2 aromatic rings. The van der Waals surface area contributed by atoms with Gasteiger partial charge in [-0.25, -0.2) is 0 Å². The summed E-state index contributed by atoms with van der Waals surface area (Å²) in [5, 5.41) is 10.6. The van der Waals surface area contributed by atoms with Gasteiger partial charge in [-0.15, -0.1) is 0 Å². The van der Waals surface area contributed by atoms with E-state index in [0.717, 1.165) is 31.3 Å². The molecule has 0 unspecified atom stereocenters. The zero-order valence-corrected chi connectivity index (χ0v) is 11.8. The second kappa shape index (κ2) is 5.94. The number of hydrogen-bond donors (Lipinski definition) is 3. The fourth-order valence-corrected chi connectivity index (χ4v) is 2.58. The first kappa shape index (κ1) is 13.6. The maximum absolute atomic E-state index is 12.1. The molecule has 0 bridgehead atoms. The van der Waals surface area contributed by atoms with Crippen molar-refractivity contribution in [3.05, 3.63) is 6.20 Å². The Bertz CT molecular complexity index is 632. The van der Waals surface area contributed by atoms with E-state index in [0.29, 0.717) is 24.4 Å². The maximum Gasteiger partial charge on any atom is 0.224 e. The Morgan fingerprint density at radius 2 is 2.14 bits per heavy atom. The molecule has 1 saturated heterocycles. The Morgan fingerprint density at radius 3 is 2.95 bits per heavy atom. The molecule has 0 radical (unpaired) electrons. The number of aromatic amines is 1. The lowest BCUT2D eigenvalue weighted by Gasteiger charge is -2.26. The number of nitrogens with zero attached hydrogens (tertiary/aromatic N) is 4. The zero-order valence-electron chi connectivity index (χ0n) is 11.8. The number of piperidine rings is 1. The lowest BCUT2D eigenvalue weighted by Crippen LogP contribution is -2.36. The van der Waals surface area contributed by atoms with Gasteiger partial charge in [0.1, 0.15) is 5.82 Å². The molecule has 8 heteroatoms. The molecule has 3 rings (SSSR count). The molecule has 0 atom stereocenters. The predicted molar refractivity (Wildman–Crippen MR) is 79.6 cm³/mol. The van der Waals surface area contributed by atoms with E-state index in [1.54, 1.807) is 6.20 Å². The van der Waals surface area contributed by atoms with Crippen LogP contribution in [0.4, 0.5) is 11.8 Å². The molecule has 0 aliphatic carbocycles. The summed E-state index contributed by atoms with van der Waals surface area (Å²) in [5.74, 6) is 0.974. The first-order valence-electron chi connectivity index (χ1n) is 7.22. The van der Waals surface area contributed by atoms with Gasteiger partial charge in [0.15, 0.2) is 5.65 Å². The van der Waals surface area contributed by atoms with Crippen LogP contribution in [-0.2, 0) is 4.79 Å². The Hall–Kier alpha value is -2.38. The first-order chi connectivity index (χ1) is 10.2. The minimum Gasteiger partial charge on any atom is -0.369 e. The molecule has 1 amide bonds. The molecule has 112 valence electrons. The van der Waals surface area contributed by atoms with E-state index in [2.05, 4.69) is 25.5 Å². The van der Waals surface area contributed by atoms with Crippen LogP contribution in [0.2, 0.25) is 0 Å². The normalized spacial score (nSPS) is 15.3. The summed E-state index contributed by atoms with van der Waals surface area (Å²) < 4.78 is 0. The van der Waals surface area contributed by atoms with Crippen LogP contribution >= 0.6 is 0 Å². The topological polar surface area (TPSA) is 113 Å². The number of likely N-dealkylation sites (tertiary alicyclic amines) is 1. The number of rotatable bonds is 4. The highest BCUT2D eigenvalue weighted by Gasteiger charge is 2.16. The van der Waals surface area contributed by atoms with Crippen LogP contribution in [0.25, 0.3) is 11.0 Å². The van der Waals surface area contributed by atoms with Gasteiger partial charge in [0.2, 0.25) is 11.9 Å². The van der Waals surface area contributed by atoms with Gasteiger partial charge >= 0.3 is 0 Å². The van der Waals surface area contributed by atoms with E-state index in [-0.39, 0.29) is 11.9 Å². The van der Waals surface area contributed by atoms with Gasteiger partial charge in [-0.1, -0.05) is 0 Å². The molecule has 8 nitrogen and oxygen atoms in total. The molecular formula is C13H19N7O. The highest BCUT2D eigenvalue weighted by molar-refractivity contribution is 5.87. The van der Waals surface area contributed by atoms with Crippen molar-refractivity contribution in [2.75, 3.05) is 30.7 Å². The smallest absolute Gasteiger partial charge is 0.224 e. The number of nitrogen functional groups attached to an aromatic ring is 1. The van der Waals surface area contributed by atoms with Crippen molar-refractivity contribution in [2.24, 2.45) is 0 Å². The molecule has 4 N–H and O–H groups in total. The standard InChI is InChI=1S/C13H19N7O/c14-13-17-11(9-8-16-19-12(9)18-13)15-5-4-10(21)20-6-2-1-3-7-20/h8H,1-7H2,(H4,14,15,16,17,18,19). The van der Waals surface area contributed by atoms with Crippen molar-refractivity contribution in [3.8, 4) is 0 Å². The van der Waals surface area contributed by atoms with Crippen molar-refractivity contribution in [3.63, 3.8) is 0 Å². The van der Waals surface area contributed by atoms with Crippen LogP contribution in [0.3, 0.4) is 0 Å². The average Bonchev–Trinajstić information content (AvgIpc) is 2.96. The summed E-state index contributed by atoms with van der Waals surface area (Å²) in [6, 6.07) is 0. The van der Waals surface area contributed by atoms with Crippen molar-refractivity contribution >= 4 is 28.7 Å². The third-order valence-electron chi connectivity index (χ3n) is 3.67. The summed E-state index contributed by atoms with van der Waals surface area (Å²) in [5.41, 5.74) is 6.24. The second-order valence-electron chi connectivity index (χ2n) is 5.18. The fourth-order valence-electron chi connectivity index (χ4n) is 2.58. The molecule has 0 spiro atoms. The highest BCUT2D eigenvalue weighted by atomic mass is 16.2. The number of anilines is 2. The van der Waals surface area contributed by atoms with E-state index in [9.17, 15) is 4.79 Å². The van der Waals surface area contributed by atoms with Gasteiger partial charge in [-0.05, 0) is 19.3 Å². The number of carbonyl (C=O) groups excluding carboxylic acids is 1. The van der Waals surface area contributed by atoms with E-state index in [1.807, 2.05) is 4.90 Å². The average molecular weight is 289 g/mol. The Balaban J connectivity index is 1.59. The molecule has 0 aromatic carbocycles. The number of fused-ring (bicyclic) bond motifs is 1. The number of aromatic nitrogens is 4. The third kappa shape index (κ3) is 3.04. The van der Waals surface area contributed by atoms with Crippen LogP contribution < -0.4 is 11.1 Å². The van der Waals surface area contributed by atoms with E-state index in [1.165, 1.54) is 6.42 Å². The number of nitrogens with one attached hydrogen (secondary N) is 2. The molecule has 0 saturated carbocycles. The van der Waals surface area contributed by atoms with Crippen molar-refractivity contribution in [1.82, 2.24) is 25.1 Å². The van der Waals surface area contributed by atoms with E-state index < -0.39 is 0 Å². The van der Waals surface area contributed by atoms with Gasteiger partial charge in [0, 0.05) is 26.1 Å². The lowest BCUT2D eigenvalue weighted by molar-refractivity contribution is -0.131. The Kier molecular flexibility index (Phi) is 3.85. The molecular weight excluding hydrogens is 270 g/mol. The minimum atomic E-state index is 0.177. The molecule has 21 heavy (non-hydrogen) atoms. The molecule has 1 aliphatic rings. The maximum atomic E-state index is 12.1. The van der Waals surface area contributed by atoms with Crippen LogP contribution in [0, 0.1) is 0 Å². The van der Waals surface area contributed by atoms with Gasteiger partial charge in [0.05, 0.1) is 11.6 Å². The van der Waals surface area contributed by atoms with E-state index >= 15 is 0 Å². The summed E-state index contributed by atoms with van der Waals surface area (Å²) >= 11 is 0. The van der Waals surface area contributed by atoms with Crippen molar-refractivity contribution in [1.29, 1.82) is 0 Å². The second-order valence-corrected chi connectivity index (χ2v) is 5.18. The van der Waals surface area contributed by atoms with Gasteiger partial charge < -0.3 is 16.0 Å². The van der Waals surface area contributed by atoms with Crippen LogP contribution in [0.1, 0.15) is 25.7 Å². The summed E-state index contributed by atoms with van der Waals surface area (Å²) in [6.07, 6.45) is 5.53. The van der Waals surface area contributed by atoms with Crippen LogP contribution in [0.5, 0.6) is 0 Å². The highest BCUT2D eigenvalue weighted by Crippen LogP contribution is 2.18. The fraction of sp³-hybridized carbons (Fsp3) is 0.538. The number of amides is 1. The molecule has 1 fully saturated rings. The van der Waals surface area contributed by atoms with Crippen molar-refractivity contribution in [2.45, 2.75) is 25.7 Å². The lowest BCUT2D eigenvalue weighted by atomic mass is 10.1. The van der Waals surface area contributed by atoms with Crippen LogP contribution in [0.15, 0.2) is 6.20 Å².